The van der Waals surface area contributed by atoms with Crippen molar-refractivity contribution in [3.05, 3.63) is 65.5 Å². The van der Waals surface area contributed by atoms with Crippen molar-refractivity contribution >= 4 is 5.91 Å². The molecule has 26 heavy (non-hydrogen) atoms. The van der Waals surface area contributed by atoms with Crippen LogP contribution in [0.4, 0.5) is 4.39 Å². The van der Waals surface area contributed by atoms with Gasteiger partial charge in [-0.15, -0.1) is 0 Å². The first-order valence-electron chi connectivity index (χ1n) is 9.30. The summed E-state index contributed by atoms with van der Waals surface area (Å²) in [5.74, 6) is 0.343. The maximum Gasteiger partial charge on any atom is 0.237 e. The molecular formula is C22H26FNO2. The number of amides is 1. The number of benzene rings is 2. The second-order valence-corrected chi connectivity index (χ2v) is 6.85. The number of halogens is 1. The fraction of sp³-hybridized carbons (Fsp3) is 0.409. The van der Waals surface area contributed by atoms with Gasteiger partial charge in [-0.05, 0) is 49.9 Å². The van der Waals surface area contributed by atoms with E-state index in [1.807, 2.05) is 56.1 Å². The average molecular weight is 355 g/mol. The second kappa shape index (κ2) is 7.48. The van der Waals surface area contributed by atoms with Gasteiger partial charge in [-0.2, -0.15) is 0 Å². The molecule has 1 saturated carbocycles. The zero-order chi connectivity index (χ0) is 18.7. The van der Waals surface area contributed by atoms with Gasteiger partial charge in [-0.3, -0.25) is 4.79 Å². The number of hydrogen-bond donors (Lipinski definition) is 0. The Bertz CT molecular complexity index is 787. The normalized spacial score (nSPS) is 16.0. The lowest BCUT2D eigenvalue weighted by Crippen LogP contribution is -2.47. The zero-order valence-corrected chi connectivity index (χ0v) is 15.7. The number of ether oxygens (including phenoxy) is 1. The first kappa shape index (κ1) is 18.4. The minimum atomic E-state index is -0.967. The largest absolute Gasteiger partial charge is 0.494 e. The Morgan fingerprint density at radius 3 is 2.54 bits per heavy atom. The molecule has 4 heteroatoms. The molecule has 0 aliphatic heterocycles. The molecular weight excluding hydrogens is 329 g/mol. The van der Waals surface area contributed by atoms with Crippen LogP contribution in [0.15, 0.2) is 48.5 Å². The van der Waals surface area contributed by atoms with Gasteiger partial charge in [0.1, 0.15) is 17.0 Å². The first-order valence-corrected chi connectivity index (χ1v) is 9.30. The summed E-state index contributed by atoms with van der Waals surface area (Å²) in [6.45, 7) is 4.41. The van der Waals surface area contributed by atoms with Crippen LogP contribution in [0.3, 0.4) is 0 Å². The van der Waals surface area contributed by atoms with E-state index in [-0.39, 0.29) is 17.8 Å². The SMILES string of the molecule is CCOc1ccccc1C(CC)(C(=O)N(C)C1CC1)c1cccc(F)c1. The molecule has 2 aromatic carbocycles. The number of carbonyl (C=O) groups excluding carboxylic acids is 1. The summed E-state index contributed by atoms with van der Waals surface area (Å²) in [6, 6.07) is 14.3. The third-order valence-electron chi connectivity index (χ3n) is 5.27. The molecule has 0 aromatic heterocycles. The van der Waals surface area contributed by atoms with Crippen LogP contribution < -0.4 is 4.74 Å². The molecule has 0 saturated heterocycles. The van der Waals surface area contributed by atoms with Gasteiger partial charge < -0.3 is 9.64 Å². The van der Waals surface area contributed by atoms with Gasteiger partial charge in [0.2, 0.25) is 5.91 Å². The molecule has 1 fully saturated rings. The van der Waals surface area contributed by atoms with Crippen LogP contribution in [-0.4, -0.2) is 30.5 Å². The number of para-hydroxylation sites is 1. The predicted molar refractivity (Wildman–Crippen MR) is 101 cm³/mol. The van der Waals surface area contributed by atoms with E-state index >= 15 is 0 Å². The van der Waals surface area contributed by atoms with Gasteiger partial charge in [0.25, 0.3) is 0 Å². The molecule has 3 nitrogen and oxygen atoms in total. The summed E-state index contributed by atoms with van der Waals surface area (Å²) in [4.78, 5) is 15.5. The molecule has 3 rings (SSSR count). The molecule has 138 valence electrons. The Morgan fingerprint density at radius 1 is 1.19 bits per heavy atom. The molecule has 0 N–H and O–H groups in total. The monoisotopic (exact) mass is 355 g/mol. The van der Waals surface area contributed by atoms with E-state index in [2.05, 4.69) is 0 Å². The fourth-order valence-corrected chi connectivity index (χ4v) is 3.72. The number of rotatable bonds is 7. The molecule has 1 aliphatic carbocycles. The lowest BCUT2D eigenvalue weighted by molar-refractivity contribution is -0.135. The Balaban J connectivity index is 2.22. The third-order valence-corrected chi connectivity index (χ3v) is 5.27. The minimum absolute atomic E-state index is 0.000234. The van der Waals surface area contributed by atoms with E-state index in [0.717, 1.165) is 18.4 Å². The van der Waals surface area contributed by atoms with Crippen LogP contribution in [0, 0.1) is 5.82 Å². The predicted octanol–water partition coefficient (Wildman–Crippen LogP) is 4.54. The molecule has 0 radical (unpaired) electrons. The highest BCUT2D eigenvalue weighted by molar-refractivity contribution is 5.93. The number of carbonyl (C=O) groups is 1. The third kappa shape index (κ3) is 3.20. The van der Waals surface area contributed by atoms with Crippen LogP contribution in [0.1, 0.15) is 44.2 Å². The summed E-state index contributed by atoms with van der Waals surface area (Å²) in [5, 5.41) is 0. The summed E-state index contributed by atoms with van der Waals surface area (Å²) >= 11 is 0. The first-order chi connectivity index (χ1) is 12.5. The number of likely N-dealkylation sites (N-methyl/N-ethyl adjacent to an activating group) is 1. The maximum absolute atomic E-state index is 14.1. The second-order valence-electron chi connectivity index (χ2n) is 6.85. The lowest BCUT2D eigenvalue weighted by atomic mass is 9.70. The van der Waals surface area contributed by atoms with E-state index in [4.69, 9.17) is 4.74 Å². The van der Waals surface area contributed by atoms with E-state index in [0.29, 0.717) is 24.3 Å². The summed E-state index contributed by atoms with van der Waals surface area (Å²) in [7, 11) is 1.85. The van der Waals surface area contributed by atoms with E-state index in [1.165, 1.54) is 12.1 Å². The van der Waals surface area contributed by atoms with Crippen molar-refractivity contribution in [2.24, 2.45) is 0 Å². The lowest BCUT2D eigenvalue weighted by Gasteiger charge is -2.37. The zero-order valence-electron chi connectivity index (χ0n) is 15.7. The molecule has 0 spiro atoms. The Kier molecular flexibility index (Phi) is 5.30. The Hall–Kier alpha value is -2.36. The van der Waals surface area contributed by atoms with Crippen LogP contribution in [0.5, 0.6) is 5.75 Å². The Labute approximate surface area is 154 Å². The van der Waals surface area contributed by atoms with Crippen LogP contribution in [-0.2, 0) is 10.2 Å². The molecule has 1 amide bonds. The van der Waals surface area contributed by atoms with E-state index < -0.39 is 5.41 Å². The molecule has 1 aliphatic rings. The summed E-state index contributed by atoms with van der Waals surface area (Å²) in [6.07, 6.45) is 2.58. The Morgan fingerprint density at radius 2 is 1.92 bits per heavy atom. The van der Waals surface area contributed by atoms with Gasteiger partial charge in [0.15, 0.2) is 0 Å². The molecule has 2 aromatic rings. The average Bonchev–Trinajstić information content (AvgIpc) is 3.49. The highest BCUT2D eigenvalue weighted by Gasteiger charge is 2.47. The topological polar surface area (TPSA) is 29.5 Å². The standard InChI is InChI=1S/C22H26FNO2/c1-4-22(16-9-8-10-17(23)15-16,21(25)24(3)18-13-14-18)19-11-6-7-12-20(19)26-5-2/h6-12,15,18H,4-5,13-14H2,1-3H3. The van der Waals surface area contributed by atoms with Crippen molar-refractivity contribution in [3.63, 3.8) is 0 Å². The molecule has 1 atom stereocenters. The van der Waals surface area contributed by atoms with E-state index in [1.54, 1.807) is 6.07 Å². The van der Waals surface area contributed by atoms with Gasteiger partial charge >= 0.3 is 0 Å². The fourth-order valence-electron chi connectivity index (χ4n) is 3.72. The number of hydrogen-bond acceptors (Lipinski definition) is 2. The molecule has 1 unspecified atom stereocenters. The van der Waals surface area contributed by atoms with Gasteiger partial charge in [-0.1, -0.05) is 37.3 Å². The van der Waals surface area contributed by atoms with Crippen molar-refractivity contribution in [2.75, 3.05) is 13.7 Å². The van der Waals surface area contributed by atoms with Crippen molar-refractivity contribution in [2.45, 2.75) is 44.6 Å². The summed E-state index contributed by atoms with van der Waals surface area (Å²) in [5.41, 5.74) is 0.502. The highest BCUT2D eigenvalue weighted by atomic mass is 19.1. The minimum Gasteiger partial charge on any atom is -0.494 e. The number of nitrogens with zero attached hydrogens (tertiary/aromatic N) is 1. The van der Waals surface area contributed by atoms with Crippen molar-refractivity contribution in [1.82, 2.24) is 4.90 Å². The maximum atomic E-state index is 14.1. The highest BCUT2D eigenvalue weighted by Crippen LogP contribution is 2.43. The van der Waals surface area contributed by atoms with Crippen LogP contribution in [0.25, 0.3) is 0 Å². The van der Waals surface area contributed by atoms with Crippen molar-refractivity contribution < 1.29 is 13.9 Å². The van der Waals surface area contributed by atoms with Crippen LogP contribution in [0.2, 0.25) is 0 Å². The molecule has 0 heterocycles. The quantitative estimate of drug-likeness (QED) is 0.730. The van der Waals surface area contributed by atoms with Gasteiger partial charge in [0.05, 0.1) is 6.61 Å². The smallest absolute Gasteiger partial charge is 0.237 e. The van der Waals surface area contributed by atoms with E-state index in [9.17, 15) is 9.18 Å². The molecule has 0 bridgehead atoms. The van der Waals surface area contributed by atoms with Gasteiger partial charge in [-0.25, -0.2) is 4.39 Å². The van der Waals surface area contributed by atoms with Crippen LogP contribution >= 0.6 is 0 Å². The summed E-state index contributed by atoms with van der Waals surface area (Å²) < 4.78 is 19.9. The van der Waals surface area contributed by atoms with Crippen molar-refractivity contribution in [3.8, 4) is 5.75 Å². The van der Waals surface area contributed by atoms with Gasteiger partial charge in [0, 0.05) is 18.7 Å². The van der Waals surface area contributed by atoms with Crippen molar-refractivity contribution in [1.29, 1.82) is 0 Å².